The number of aliphatic carboxylic acids is 1. The number of nitrogens with two attached hydrogens (primary N) is 1. The molecule has 7 heteroatoms. The molecule has 0 aliphatic carbocycles. The maximum atomic E-state index is 11.3. The van der Waals surface area contributed by atoms with Gasteiger partial charge < -0.3 is 21.5 Å². The molecular formula is C13H25N3O4. The molecule has 0 heterocycles. The second kappa shape index (κ2) is 8.39. The SMILES string of the molecule is CC(C)(C)C(CCNC(=O)NCC(N)=O)CCC(=O)O. The van der Waals surface area contributed by atoms with E-state index in [1.54, 1.807) is 0 Å². The maximum absolute atomic E-state index is 11.3. The smallest absolute Gasteiger partial charge is 0.315 e. The fourth-order valence-electron chi connectivity index (χ4n) is 1.90. The molecule has 1 unspecified atom stereocenters. The number of carbonyl (C=O) groups is 3. The van der Waals surface area contributed by atoms with Crippen molar-refractivity contribution in [2.24, 2.45) is 17.1 Å². The number of carboxylic acids is 1. The second-order valence-electron chi connectivity index (χ2n) is 5.86. The molecule has 0 fully saturated rings. The van der Waals surface area contributed by atoms with Gasteiger partial charge in [-0.2, -0.15) is 0 Å². The monoisotopic (exact) mass is 287 g/mol. The minimum Gasteiger partial charge on any atom is -0.481 e. The predicted molar refractivity (Wildman–Crippen MR) is 75.0 cm³/mol. The van der Waals surface area contributed by atoms with Crippen molar-refractivity contribution in [3.8, 4) is 0 Å². The summed E-state index contributed by atoms with van der Waals surface area (Å²) in [5.41, 5.74) is 4.88. The van der Waals surface area contributed by atoms with Crippen LogP contribution in [0.25, 0.3) is 0 Å². The van der Waals surface area contributed by atoms with Crippen LogP contribution in [-0.2, 0) is 9.59 Å². The van der Waals surface area contributed by atoms with E-state index in [0.29, 0.717) is 19.4 Å². The molecule has 0 radical (unpaired) electrons. The Morgan fingerprint density at radius 3 is 2.20 bits per heavy atom. The summed E-state index contributed by atoms with van der Waals surface area (Å²) in [7, 11) is 0. The summed E-state index contributed by atoms with van der Waals surface area (Å²) in [6, 6.07) is -0.449. The average Bonchev–Trinajstić information content (AvgIpc) is 2.28. The highest BCUT2D eigenvalue weighted by Gasteiger charge is 2.24. The molecule has 0 aromatic rings. The Morgan fingerprint density at radius 1 is 1.15 bits per heavy atom. The van der Waals surface area contributed by atoms with E-state index in [1.807, 2.05) is 20.8 Å². The van der Waals surface area contributed by atoms with Crippen LogP contribution >= 0.6 is 0 Å². The molecule has 116 valence electrons. The molecule has 0 saturated carbocycles. The van der Waals surface area contributed by atoms with Crippen molar-refractivity contribution in [2.45, 2.75) is 40.0 Å². The molecule has 1 atom stereocenters. The van der Waals surface area contributed by atoms with E-state index in [2.05, 4.69) is 10.6 Å². The summed E-state index contributed by atoms with van der Waals surface area (Å²) in [5, 5.41) is 13.7. The lowest BCUT2D eigenvalue weighted by Gasteiger charge is -2.30. The Balaban J connectivity index is 4.10. The third-order valence-electron chi connectivity index (χ3n) is 3.13. The van der Waals surface area contributed by atoms with E-state index in [-0.39, 0.29) is 24.3 Å². The molecule has 0 saturated heterocycles. The normalized spacial score (nSPS) is 12.6. The van der Waals surface area contributed by atoms with Gasteiger partial charge in [0.05, 0.1) is 6.54 Å². The second-order valence-corrected chi connectivity index (χ2v) is 5.86. The molecule has 7 nitrogen and oxygen atoms in total. The van der Waals surface area contributed by atoms with Gasteiger partial charge in [-0.3, -0.25) is 9.59 Å². The molecule has 0 rings (SSSR count). The molecule has 5 N–H and O–H groups in total. The highest BCUT2D eigenvalue weighted by atomic mass is 16.4. The van der Waals surface area contributed by atoms with Crippen molar-refractivity contribution in [2.75, 3.05) is 13.1 Å². The predicted octanol–water partition coefficient (Wildman–Crippen LogP) is 0.688. The van der Waals surface area contributed by atoms with Gasteiger partial charge in [0.15, 0.2) is 0 Å². The molecule has 0 aliphatic rings. The first-order valence-corrected chi connectivity index (χ1v) is 6.64. The summed E-state index contributed by atoms with van der Waals surface area (Å²) < 4.78 is 0. The first kappa shape index (κ1) is 18.2. The molecular weight excluding hydrogens is 262 g/mol. The third kappa shape index (κ3) is 9.18. The summed E-state index contributed by atoms with van der Waals surface area (Å²) >= 11 is 0. The van der Waals surface area contributed by atoms with Gasteiger partial charge in [0.25, 0.3) is 0 Å². The molecule has 3 amide bonds. The van der Waals surface area contributed by atoms with Gasteiger partial charge in [-0.05, 0) is 24.2 Å². The van der Waals surface area contributed by atoms with Gasteiger partial charge in [0.1, 0.15) is 0 Å². The van der Waals surface area contributed by atoms with Gasteiger partial charge in [0.2, 0.25) is 5.91 Å². The summed E-state index contributed by atoms with van der Waals surface area (Å²) in [6.07, 6.45) is 1.37. The van der Waals surface area contributed by atoms with Crippen LogP contribution in [0.4, 0.5) is 4.79 Å². The van der Waals surface area contributed by atoms with Crippen molar-refractivity contribution in [1.82, 2.24) is 10.6 Å². The average molecular weight is 287 g/mol. The first-order valence-electron chi connectivity index (χ1n) is 6.64. The minimum atomic E-state index is -0.814. The van der Waals surface area contributed by atoms with Crippen molar-refractivity contribution in [3.63, 3.8) is 0 Å². The summed E-state index contributed by atoms with van der Waals surface area (Å²) in [5.74, 6) is -1.23. The molecule has 0 aromatic heterocycles. The quantitative estimate of drug-likeness (QED) is 0.524. The van der Waals surface area contributed by atoms with E-state index >= 15 is 0 Å². The molecule has 20 heavy (non-hydrogen) atoms. The number of hydrogen-bond donors (Lipinski definition) is 4. The number of amides is 3. The first-order chi connectivity index (χ1) is 9.12. The standard InChI is InChI=1S/C13H25N3O4/c1-13(2,3)9(4-5-11(18)19)6-7-15-12(20)16-8-10(14)17/h9H,4-8H2,1-3H3,(H2,14,17)(H,18,19)(H2,15,16,20). The third-order valence-corrected chi connectivity index (χ3v) is 3.13. The Labute approximate surface area is 119 Å². The maximum Gasteiger partial charge on any atom is 0.315 e. The number of rotatable bonds is 8. The van der Waals surface area contributed by atoms with Crippen LogP contribution in [0, 0.1) is 11.3 Å². The van der Waals surface area contributed by atoms with Crippen LogP contribution < -0.4 is 16.4 Å². The Hall–Kier alpha value is -1.79. The zero-order chi connectivity index (χ0) is 15.8. The zero-order valence-electron chi connectivity index (χ0n) is 12.4. The number of hydrogen-bond acceptors (Lipinski definition) is 3. The van der Waals surface area contributed by atoms with E-state index < -0.39 is 17.9 Å². The van der Waals surface area contributed by atoms with E-state index in [9.17, 15) is 14.4 Å². The van der Waals surface area contributed by atoms with Crippen molar-refractivity contribution in [3.05, 3.63) is 0 Å². The molecule has 0 spiro atoms. The van der Waals surface area contributed by atoms with Crippen LogP contribution in [0.15, 0.2) is 0 Å². The number of urea groups is 1. The number of nitrogens with one attached hydrogen (secondary N) is 2. The number of carboxylic acid groups (broad SMARTS) is 1. The zero-order valence-corrected chi connectivity index (χ0v) is 12.4. The van der Waals surface area contributed by atoms with E-state index in [4.69, 9.17) is 10.8 Å². The highest BCUT2D eigenvalue weighted by Crippen LogP contribution is 2.32. The van der Waals surface area contributed by atoms with Gasteiger partial charge in [-0.25, -0.2) is 4.79 Å². The molecule has 0 bridgehead atoms. The fraction of sp³-hybridized carbons (Fsp3) is 0.769. The Morgan fingerprint density at radius 2 is 1.75 bits per heavy atom. The van der Waals surface area contributed by atoms with E-state index in [0.717, 1.165) is 0 Å². The van der Waals surface area contributed by atoms with Gasteiger partial charge in [0, 0.05) is 13.0 Å². The topological polar surface area (TPSA) is 122 Å². The van der Waals surface area contributed by atoms with Crippen molar-refractivity contribution < 1.29 is 19.5 Å². The van der Waals surface area contributed by atoms with Crippen LogP contribution in [0.5, 0.6) is 0 Å². The Bertz CT molecular complexity index is 350. The minimum absolute atomic E-state index is 0.0270. The van der Waals surface area contributed by atoms with E-state index in [1.165, 1.54) is 0 Å². The number of carbonyl (C=O) groups excluding carboxylic acids is 2. The highest BCUT2D eigenvalue weighted by molar-refractivity contribution is 5.82. The van der Waals surface area contributed by atoms with Gasteiger partial charge in [-0.15, -0.1) is 0 Å². The van der Waals surface area contributed by atoms with Gasteiger partial charge in [-0.1, -0.05) is 20.8 Å². The summed E-state index contributed by atoms with van der Waals surface area (Å²) in [4.78, 5) is 32.4. The largest absolute Gasteiger partial charge is 0.481 e. The molecule has 0 aromatic carbocycles. The lowest BCUT2D eigenvalue weighted by Crippen LogP contribution is -2.41. The fourth-order valence-corrected chi connectivity index (χ4v) is 1.90. The number of primary amides is 1. The van der Waals surface area contributed by atoms with Crippen molar-refractivity contribution >= 4 is 17.9 Å². The van der Waals surface area contributed by atoms with Crippen LogP contribution in [-0.4, -0.2) is 36.1 Å². The molecule has 0 aliphatic heterocycles. The lowest BCUT2D eigenvalue weighted by atomic mass is 9.76. The summed E-state index contributed by atoms with van der Waals surface area (Å²) in [6.45, 7) is 6.37. The van der Waals surface area contributed by atoms with Crippen LogP contribution in [0.2, 0.25) is 0 Å². The van der Waals surface area contributed by atoms with Crippen LogP contribution in [0.1, 0.15) is 40.0 Å². The lowest BCUT2D eigenvalue weighted by molar-refractivity contribution is -0.137. The van der Waals surface area contributed by atoms with Crippen LogP contribution in [0.3, 0.4) is 0 Å². The Kier molecular flexibility index (Phi) is 7.64. The van der Waals surface area contributed by atoms with Crippen molar-refractivity contribution in [1.29, 1.82) is 0 Å². The van der Waals surface area contributed by atoms with Gasteiger partial charge >= 0.3 is 12.0 Å².